The van der Waals surface area contributed by atoms with Crippen molar-refractivity contribution in [3.05, 3.63) is 52.6 Å². The summed E-state index contributed by atoms with van der Waals surface area (Å²) in [5.74, 6) is 0.619. The van der Waals surface area contributed by atoms with Gasteiger partial charge in [0.1, 0.15) is 5.82 Å². The predicted octanol–water partition coefficient (Wildman–Crippen LogP) is 3.03. The molecule has 0 fully saturated rings. The molecular formula is C14H9N5O2. The summed E-state index contributed by atoms with van der Waals surface area (Å²) in [4.78, 5) is 17.8. The number of nitrogens with zero attached hydrogens (tertiary/aromatic N) is 3. The van der Waals surface area contributed by atoms with Crippen molar-refractivity contribution in [3.8, 4) is 17.6 Å². The molecule has 0 unspecified atom stereocenters. The monoisotopic (exact) mass is 279 g/mol. The third kappa shape index (κ3) is 2.37. The van der Waals surface area contributed by atoms with Gasteiger partial charge in [0.15, 0.2) is 6.19 Å². The number of aromatic amines is 1. The number of nitro benzene ring substituents is 1. The number of hydrogen-bond acceptors (Lipinski definition) is 5. The first kappa shape index (κ1) is 12.6. The zero-order valence-corrected chi connectivity index (χ0v) is 10.7. The van der Waals surface area contributed by atoms with Crippen molar-refractivity contribution < 1.29 is 4.92 Å². The fourth-order valence-corrected chi connectivity index (χ4v) is 2.02. The standard InChI is InChI=1S/C14H9N5O2/c15-8-16-10-3-1-9(2-4-10)14-17-12-6-5-11(19(20)21)7-13(12)18-14/h1-7,16H,(H,17,18). The van der Waals surface area contributed by atoms with E-state index < -0.39 is 4.92 Å². The van der Waals surface area contributed by atoms with E-state index in [0.29, 0.717) is 17.0 Å². The smallest absolute Gasteiger partial charge is 0.271 e. The highest BCUT2D eigenvalue weighted by molar-refractivity contribution is 5.81. The molecular weight excluding hydrogens is 270 g/mol. The van der Waals surface area contributed by atoms with Crippen LogP contribution in [0.2, 0.25) is 0 Å². The van der Waals surface area contributed by atoms with Crippen molar-refractivity contribution >= 4 is 22.4 Å². The van der Waals surface area contributed by atoms with Gasteiger partial charge in [0.2, 0.25) is 0 Å². The van der Waals surface area contributed by atoms with Gasteiger partial charge < -0.3 is 4.98 Å². The van der Waals surface area contributed by atoms with Crippen molar-refractivity contribution in [2.75, 3.05) is 5.32 Å². The van der Waals surface area contributed by atoms with E-state index in [1.165, 1.54) is 12.1 Å². The molecule has 7 nitrogen and oxygen atoms in total. The lowest BCUT2D eigenvalue weighted by Gasteiger charge is -1.99. The number of nitrogens with one attached hydrogen (secondary N) is 2. The lowest BCUT2D eigenvalue weighted by molar-refractivity contribution is -0.384. The maximum absolute atomic E-state index is 10.8. The van der Waals surface area contributed by atoms with Crippen molar-refractivity contribution in [2.45, 2.75) is 0 Å². The van der Waals surface area contributed by atoms with Crippen LogP contribution in [-0.2, 0) is 0 Å². The Morgan fingerprint density at radius 3 is 2.67 bits per heavy atom. The third-order valence-electron chi connectivity index (χ3n) is 3.04. The second-order valence-electron chi connectivity index (χ2n) is 4.36. The maximum Gasteiger partial charge on any atom is 0.271 e. The third-order valence-corrected chi connectivity index (χ3v) is 3.04. The normalized spacial score (nSPS) is 10.2. The zero-order valence-electron chi connectivity index (χ0n) is 10.7. The number of nitro groups is 1. The van der Waals surface area contributed by atoms with Gasteiger partial charge in [-0.2, -0.15) is 5.26 Å². The van der Waals surface area contributed by atoms with Gasteiger partial charge in [-0.1, -0.05) is 0 Å². The largest absolute Gasteiger partial charge is 0.338 e. The van der Waals surface area contributed by atoms with Gasteiger partial charge >= 0.3 is 0 Å². The van der Waals surface area contributed by atoms with Crippen molar-refractivity contribution in [1.82, 2.24) is 9.97 Å². The predicted molar refractivity (Wildman–Crippen MR) is 77.4 cm³/mol. The fourth-order valence-electron chi connectivity index (χ4n) is 2.02. The van der Waals surface area contributed by atoms with Crippen LogP contribution in [0.4, 0.5) is 11.4 Å². The van der Waals surface area contributed by atoms with Gasteiger partial charge in [0.05, 0.1) is 16.0 Å². The zero-order chi connectivity index (χ0) is 14.8. The van der Waals surface area contributed by atoms with Gasteiger partial charge in [0.25, 0.3) is 5.69 Å². The molecule has 0 saturated heterocycles. The number of anilines is 1. The number of H-pyrrole nitrogens is 1. The van der Waals surface area contributed by atoms with E-state index in [1.807, 2.05) is 18.3 Å². The summed E-state index contributed by atoms with van der Waals surface area (Å²) < 4.78 is 0. The Hall–Kier alpha value is -3.40. The summed E-state index contributed by atoms with van der Waals surface area (Å²) in [6, 6.07) is 11.6. The second-order valence-corrected chi connectivity index (χ2v) is 4.36. The molecule has 0 aliphatic carbocycles. The quantitative estimate of drug-likeness (QED) is 0.331. The highest BCUT2D eigenvalue weighted by atomic mass is 16.6. The van der Waals surface area contributed by atoms with E-state index in [4.69, 9.17) is 5.26 Å². The van der Waals surface area contributed by atoms with Crippen LogP contribution in [0.5, 0.6) is 0 Å². The Morgan fingerprint density at radius 2 is 2.00 bits per heavy atom. The first-order valence-electron chi connectivity index (χ1n) is 6.07. The Labute approximate surface area is 119 Å². The molecule has 7 heteroatoms. The first-order valence-corrected chi connectivity index (χ1v) is 6.07. The van der Waals surface area contributed by atoms with E-state index in [9.17, 15) is 10.1 Å². The molecule has 1 aromatic heterocycles. The van der Waals surface area contributed by atoms with Crippen LogP contribution in [0, 0.1) is 21.6 Å². The highest BCUT2D eigenvalue weighted by Crippen LogP contribution is 2.24. The molecule has 0 amide bonds. The SMILES string of the molecule is N#CNc1ccc(-c2nc3cc([N+](=O)[O-])ccc3[nH]2)cc1. The fraction of sp³-hybridized carbons (Fsp3) is 0. The Bertz CT molecular complexity index is 861. The van der Waals surface area contributed by atoms with E-state index in [-0.39, 0.29) is 5.69 Å². The second kappa shape index (κ2) is 4.94. The van der Waals surface area contributed by atoms with Crippen LogP contribution in [0.3, 0.4) is 0 Å². The number of nitriles is 1. The lowest BCUT2D eigenvalue weighted by Crippen LogP contribution is -1.87. The Morgan fingerprint density at radius 1 is 1.24 bits per heavy atom. The number of benzene rings is 2. The molecule has 21 heavy (non-hydrogen) atoms. The summed E-state index contributed by atoms with van der Waals surface area (Å²) >= 11 is 0. The number of fused-ring (bicyclic) bond motifs is 1. The number of hydrogen-bond donors (Lipinski definition) is 2. The number of imidazole rings is 1. The molecule has 3 aromatic rings. The van der Waals surface area contributed by atoms with Crippen LogP contribution in [0.15, 0.2) is 42.5 Å². The summed E-state index contributed by atoms with van der Waals surface area (Å²) in [7, 11) is 0. The molecule has 0 radical (unpaired) electrons. The number of rotatable bonds is 3. The van der Waals surface area contributed by atoms with Gasteiger partial charge in [-0.05, 0) is 30.3 Å². The summed E-state index contributed by atoms with van der Waals surface area (Å²) in [5.41, 5.74) is 2.80. The van der Waals surface area contributed by atoms with Gasteiger partial charge in [-0.3, -0.25) is 15.4 Å². The number of non-ortho nitro benzene ring substituents is 1. The van der Waals surface area contributed by atoms with E-state index in [1.54, 1.807) is 18.2 Å². The van der Waals surface area contributed by atoms with Crippen molar-refractivity contribution in [1.29, 1.82) is 5.26 Å². The molecule has 0 saturated carbocycles. The van der Waals surface area contributed by atoms with Crippen LogP contribution < -0.4 is 5.32 Å². The number of aromatic nitrogens is 2. The molecule has 2 aromatic carbocycles. The van der Waals surface area contributed by atoms with Gasteiger partial charge in [0, 0.05) is 23.4 Å². The minimum absolute atomic E-state index is 0.00844. The average Bonchev–Trinajstić information content (AvgIpc) is 2.91. The molecule has 0 spiro atoms. The molecule has 102 valence electrons. The lowest BCUT2D eigenvalue weighted by atomic mass is 10.2. The van der Waals surface area contributed by atoms with Crippen LogP contribution in [0.1, 0.15) is 0 Å². The minimum atomic E-state index is -0.448. The van der Waals surface area contributed by atoms with Crippen molar-refractivity contribution in [3.63, 3.8) is 0 Å². The van der Waals surface area contributed by atoms with E-state index in [2.05, 4.69) is 15.3 Å². The highest BCUT2D eigenvalue weighted by Gasteiger charge is 2.10. The minimum Gasteiger partial charge on any atom is -0.338 e. The molecule has 2 N–H and O–H groups in total. The van der Waals surface area contributed by atoms with Gasteiger partial charge in [-0.15, -0.1) is 0 Å². The molecule has 0 bridgehead atoms. The summed E-state index contributed by atoms with van der Waals surface area (Å²) in [5, 5.41) is 21.8. The molecule has 0 aliphatic rings. The summed E-state index contributed by atoms with van der Waals surface area (Å²) in [6.07, 6.45) is 1.84. The molecule has 1 heterocycles. The van der Waals surface area contributed by atoms with E-state index in [0.717, 1.165) is 11.1 Å². The first-order chi connectivity index (χ1) is 10.2. The molecule has 0 atom stereocenters. The van der Waals surface area contributed by atoms with Crippen LogP contribution >= 0.6 is 0 Å². The van der Waals surface area contributed by atoms with Crippen LogP contribution in [0.25, 0.3) is 22.4 Å². The van der Waals surface area contributed by atoms with E-state index >= 15 is 0 Å². The summed E-state index contributed by atoms with van der Waals surface area (Å²) in [6.45, 7) is 0. The van der Waals surface area contributed by atoms with Gasteiger partial charge in [-0.25, -0.2) is 4.98 Å². The topological polar surface area (TPSA) is 108 Å². The van der Waals surface area contributed by atoms with Crippen molar-refractivity contribution in [2.24, 2.45) is 0 Å². The average molecular weight is 279 g/mol. The molecule has 0 aliphatic heterocycles. The maximum atomic E-state index is 10.8. The Balaban J connectivity index is 2.00. The molecule has 3 rings (SSSR count). The van der Waals surface area contributed by atoms with Crippen LogP contribution in [-0.4, -0.2) is 14.9 Å². The Kier molecular flexibility index (Phi) is 2.97.